The molecule has 0 saturated carbocycles. The van der Waals surface area contributed by atoms with E-state index in [0.29, 0.717) is 18.4 Å². The van der Waals surface area contributed by atoms with Gasteiger partial charge in [-0.2, -0.15) is 23.5 Å². The second kappa shape index (κ2) is 9.15. The third kappa shape index (κ3) is 6.62. The number of thioether (sulfide) groups is 2. The van der Waals surface area contributed by atoms with Gasteiger partial charge < -0.3 is 15.4 Å². The predicted octanol–water partition coefficient (Wildman–Crippen LogP) is 0.187. The van der Waals surface area contributed by atoms with Gasteiger partial charge in [-0.3, -0.25) is 4.79 Å². The summed E-state index contributed by atoms with van der Waals surface area (Å²) in [5, 5.41) is 6.56. The highest BCUT2D eigenvalue weighted by Crippen LogP contribution is 2.23. The normalized spacial score (nSPS) is 20.7. The van der Waals surface area contributed by atoms with E-state index in [1.807, 2.05) is 23.5 Å². The largest absolute Gasteiger partial charge is 0.383 e. The maximum Gasteiger partial charge on any atom is 0.233 e. The van der Waals surface area contributed by atoms with Crippen LogP contribution in [-0.4, -0.2) is 61.8 Å². The van der Waals surface area contributed by atoms with Crippen LogP contribution in [0.1, 0.15) is 0 Å². The summed E-state index contributed by atoms with van der Waals surface area (Å²) in [6.07, 6.45) is 0. The van der Waals surface area contributed by atoms with Gasteiger partial charge in [0.2, 0.25) is 5.91 Å². The SMILES string of the molecule is COCCNCC(=O)NCC1CSCCS1. The molecule has 0 spiro atoms. The van der Waals surface area contributed by atoms with Gasteiger partial charge in [-0.1, -0.05) is 0 Å². The van der Waals surface area contributed by atoms with Crippen LogP contribution in [0, 0.1) is 0 Å². The molecule has 0 aromatic carbocycles. The van der Waals surface area contributed by atoms with Crippen LogP contribution in [0.25, 0.3) is 0 Å². The summed E-state index contributed by atoms with van der Waals surface area (Å²) >= 11 is 3.94. The van der Waals surface area contributed by atoms with Gasteiger partial charge in [0, 0.05) is 42.7 Å². The first kappa shape index (κ1) is 14.2. The second-order valence-corrected chi connectivity index (χ2v) is 6.10. The number of methoxy groups -OCH3 is 1. The van der Waals surface area contributed by atoms with Crippen LogP contribution < -0.4 is 10.6 Å². The molecule has 0 aliphatic carbocycles. The highest BCUT2D eigenvalue weighted by Gasteiger charge is 2.14. The van der Waals surface area contributed by atoms with Crippen molar-refractivity contribution in [3.63, 3.8) is 0 Å². The molecule has 2 N–H and O–H groups in total. The minimum absolute atomic E-state index is 0.0762. The molecule has 1 unspecified atom stereocenters. The van der Waals surface area contributed by atoms with Crippen molar-refractivity contribution in [1.29, 1.82) is 0 Å². The van der Waals surface area contributed by atoms with Crippen molar-refractivity contribution < 1.29 is 9.53 Å². The van der Waals surface area contributed by atoms with Gasteiger partial charge in [0.25, 0.3) is 0 Å². The van der Waals surface area contributed by atoms with Crippen molar-refractivity contribution in [3.8, 4) is 0 Å². The van der Waals surface area contributed by atoms with Crippen molar-refractivity contribution in [2.75, 3.05) is 50.6 Å². The molecule has 0 radical (unpaired) electrons. The molecule has 16 heavy (non-hydrogen) atoms. The fourth-order valence-corrected chi connectivity index (χ4v) is 3.93. The number of ether oxygens (including phenoxy) is 1. The van der Waals surface area contributed by atoms with Crippen molar-refractivity contribution in [1.82, 2.24) is 10.6 Å². The van der Waals surface area contributed by atoms with E-state index < -0.39 is 0 Å². The van der Waals surface area contributed by atoms with Crippen LogP contribution in [0.3, 0.4) is 0 Å². The highest BCUT2D eigenvalue weighted by atomic mass is 32.2. The Balaban J connectivity index is 1.96. The lowest BCUT2D eigenvalue weighted by atomic mass is 10.4. The average Bonchev–Trinajstić information content (AvgIpc) is 2.33. The molecule has 1 atom stereocenters. The van der Waals surface area contributed by atoms with Crippen molar-refractivity contribution >= 4 is 29.4 Å². The number of hydrogen-bond acceptors (Lipinski definition) is 5. The number of carbonyl (C=O) groups excluding carboxylic acids is 1. The zero-order chi connectivity index (χ0) is 11.6. The van der Waals surface area contributed by atoms with Gasteiger partial charge in [-0.05, 0) is 0 Å². The van der Waals surface area contributed by atoms with Gasteiger partial charge in [-0.15, -0.1) is 0 Å². The fourth-order valence-electron chi connectivity index (χ4n) is 1.32. The number of carbonyl (C=O) groups is 1. The molecule has 1 saturated heterocycles. The predicted molar refractivity (Wildman–Crippen MR) is 71.3 cm³/mol. The van der Waals surface area contributed by atoms with E-state index in [1.54, 1.807) is 7.11 Å². The lowest BCUT2D eigenvalue weighted by Crippen LogP contribution is -2.39. The van der Waals surface area contributed by atoms with Crippen LogP contribution in [0.4, 0.5) is 0 Å². The van der Waals surface area contributed by atoms with E-state index in [9.17, 15) is 4.79 Å². The molecule has 1 amide bonds. The summed E-state index contributed by atoms with van der Waals surface area (Å²) in [4.78, 5) is 11.4. The zero-order valence-corrected chi connectivity index (χ0v) is 11.3. The molecule has 1 rings (SSSR count). The molecular weight excluding hydrogens is 244 g/mol. The molecule has 94 valence electrons. The molecule has 1 aliphatic rings. The van der Waals surface area contributed by atoms with Crippen LogP contribution in [0.15, 0.2) is 0 Å². The Morgan fingerprint density at radius 2 is 2.38 bits per heavy atom. The number of amides is 1. The molecular formula is C10H20N2O2S2. The number of rotatable bonds is 7. The van der Waals surface area contributed by atoms with Crippen LogP contribution in [-0.2, 0) is 9.53 Å². The monoisotopic (exact) mass is 264 g/mol. The Bertz CT molecular complexity index is 199. The van der Waals surface area contributed by atoms with Crippen molar-refractivity contribution in [2.45, 2.75) is 5.25 Å². The Morgan fingerprint density at radius 1 is 1.50 bits per heavy atom. The van der Waals surface area contributed by atoms with Gasteiger partial charge >= 0.3 is 0 Å². The summed E-state index contributed by atoms with van der Waals surface area (Å²) in [6.45, 7) is 2.54. The van der Waals surface area contributed by atoms with Crippen LogP contribution >= 0.6 is 23.5 Å². The fraction of sp³-hybridized carbons (Fsp3) is 0.900. The average molecular weight is 264 g/mol. The second-order valence-electron chi connectivity index (χ2n) is 3.54. The Hall–Kier alpha value is 0.0900. The number of nitrogens with one attached hydrogen (secondary N) is 2. The van der Waals surface area contributed by atoms with Gasteiger partial charge in [-0.25, -0.2) is 0 Å². The van der Waals surface area contributed by atoms with Gasteiger partial charge in [0.05, 0.1) is 13.2 Å². The van der Waals surface area contributed by atoms with Crippen molar-refractivity contribution in [2.24, 2.45) is 0 Å². The first-order chi connectivity index (χ1) is 7.83. The molecule has 1 heterocycles. The minimum atomic E-state index is 0.0762. The van der Waals surface area contributed by atoms with E-state index in [-0.39, 0.29) is 5.91 Å². The standard InChI is InChI=1S/C10H20N2O2S2/c1-14-3-2-11-7-10(13)12-6-9-8-15-4-5-16-9/h9,11H,2-8H2,1H3,(H,12,13). The summed E-state index contributed by atoms with van der Waals surface area (Å²) in [6, 6.07) is 0. The van der Waals surface area contributed by atoms with E-state index in [1.165, 1.54) is 11.5 Å². The highest BCUT2D eigenvalue weighted by molar-refractivity contribution is 8.06. The molecule has 1 fully saturated rings. The molecule has 4 nitrogen and oxygen atoms in total. The molecule has 6 heteroatoms. The smallest absolute Gasteiger partial charge is 0.233 e. The zero-order valence-electron chi connectivity index (χ0n) is 9.66. The molecule has 0 bridgehead atoms. The number of hydrogen-bond donors (Lipinski definition) is 2. The summed E-state index contributed by atoms with van der Waals surface area (Å²) < 4.78 is 4.88. The van der Waals surface area contributed by atoms with Gasteiger partial charge in [0.15, 0.2) is 0 Å². The lowest BCUT2D eigenvalue weighted by molar-refractivity contribution is -0.120. The summed E-state index contributed by atoms with van der Waals surface area (Å²) in [5.41, 5.74) is 0. The van der Waals surface area contributed by atoms with E-state index in [0.717, 1.165) is 18.8 Å². The summed E-state index contributed by atoms with van der Waals surface area (Å²) in [5.74, 6) is 3.68. The minimum Gasteiger partial charge on any atom is -0.383 e. The quantitative estimate of drug-likeness (QED) is 0.643. The van der Waals surface area contributed by atoms with Crippen molar-refractivity contribution in [3.05, 3.63) is 0 Å². The Labute approximate surface area is 106 Å². The Kier molecular flexibility index (Phi) is 8.10. The van der Waals surface area contributed by atoms with E-state index in [2.05, 4.69) is 10.6 Å². The van der Waals surface area contributed by atoms with E-state index in [4.69, 9.17) is 4.74 Å². The lowest BCUT2D eigenvalue weighted by Gasteiger charge is -2.21. The third-order valence-corrected chi connectivity index (χ3v) is 5.03. The summed E-state index contributed by atoms with van der Waals surface area (Å²) in [7, 11) is 1.65. The first-order valence-electron chi connectivity index (χ1n) is 5.48. The van der Waals surface area contributed by atoms with E-state index >= 15 is 0 Å². The molecule has 0 aromatic rings. The maximum atomic E-state index is 11.4. The topological polar surface area (TPSA) is 50.4 Å². The molecule has 0 aromatic heterocycles. The van der Waals surface area contributed by atoms with Crippen LogP contribution in [0.2, 0.25) is 0 Å². The maximum absolute atomic E-state index is 11.4. The first-order valence-corrected chi connectivity index (χ1v) is 7.69. The van der Waals surface area contributed by atoms with Gasteiger partial charge in [0.1, 0.15) is 0 Å². The Morgan fingerprint density at radius 3 is 3.06 bits per heavy atom. The van der Waals surface area contributed by atoms with Crippen LogP contribution in [0.5, 0.6) is 0 Å². The molecule has 1 aliphatic heterocycles. The third-order valence-electron chi connectivity index (χ3n) is 2.18.